The summed E-state index contributed by atoms with van der Waals surface area (Å²) in [6, 6.07) is 4.12. The lowest BCUT2D eigenvalue weighted by Crippen LogP contribution is -2.05. The molecule has 1 fully saturated rings. The van der Waals surface area contributed by atoms with Gasteiger partial charge in [0, 0.05) is 25.5 Å². The number of hydrogen-bond acceptors (Lipinski definition) is 2. The second-order valence-electron chi connectivity index (χ2n) is 2.95. The molecule has 0 radical (unpaired) electrons. The van der Waals surface area contributed by atoms with Crippen LogP contribution in [0.5, 0.6) is 0 Å². The predicted octanol–water partition coefficient (Wildman–Crippen LogP) is 0.677. The Morgan fingerprint density at radius 3 is 2.50 bits per heavy atom. The number of hydrogen-bond donors (Lipinski definition) is 1. The maximum atomic E-state index is 5.11. The minimum atomic E-state index is 0.412. The van der Waals surface area contributed by atoms with E-state index in [1.54, 1.807) is 0 Å². The van der Waals surface area contributed by atoms with Crippen molar-refractivity contribution in [1.29, 1.82) is 0 Å². The number of rotatable bonds is 1. The minimum Gasteiger partial charge on any atom is -0.372 e. The maximum Gasteiger partial charge on any atom is 0.0931 e. The zero-order valence-electron chi connectivity index (χ0n) is 7.66. The van der Waals surface area contributed by atoms with Crippen LogP contribution in [0.25, 0.3) is 0 Å². The standard InChI is InChI=1S/C6H9N.C3H7NO/c1-6-4-3-5-7(6)2;4-1-3-2-5-3/h3-5H,1-2H3;3H,1-2,4H2. The summed E-state index contributed by atoms with van der Waals surface area (Å²) in [5, 5.41) is 0. The fourth-order valence-corrected chi connectivity index (χ4v) is 0.751. The molecule has 1 aliphatic heterocycles. The molecule has 1 aromatic heterocycles. The van der Waals surface area contributed by atoms with Gasteiger partial charge in [0.25, 0.3) is 0 Å². The summed E-state index contributed by atoms with van der Waals surface area (Å²) in [7, 11) is 2.04. The second kappa shape index (κ2) is 4.28. The molecule has 68 valence electrons. The van der Waals surface area contributed by atoms with E-state index in [4.69, 9.17) is 10.5 Å². The largest absolute Gasteiger partial charge is 0.372 e. The summed E-state index contributed by atoms with van der Waals surface area (Å²) < 4.78 is 6.82. The Bertz CT molecular complexity index is 212. The van der Waals surface area contributed by atoms with Gasteiger partial charge in [-0.05, 0) is 19.1 Å². The minimum absolute atomic E-state index is 0.412. The van der Waals surface area contributed by atoms with E-state index < -0.39 is 0 Å². The highest BCUT2D eigenvalue weighted by molar-refractivity contribution is 5.02. The molecule has 0 saturated carbocycles. The van der Waals surface area contributed by atoms with Crippen LogP contribution in [-0.4, -0.2) is 23.8 Å². The Hall–Kier alpha value is -0.800. The molecular formula is C9H16N2O. The van der Waals surface area contributed by atoms with Gasteiger partial charge in [0.1, 0.15) is 0 Å². The van der Waals surface area contributed by atoms with Crippen LogP contribution in [-0.2, 0) is 11.8 Å². The fraction of sp³-hybridized carbons (Fsp3) is 0.556. The predicted molar refractivity (Wildman–Crippen MR) is 48.9 cm³/mol. The highest BCUT2D eigenvalue weighted by Gasteiger charge is 2.18. The molecule has 0 aliphatic carbocycles. The Balaban J connectivity index is 0.000000127. The van der Waals surface area contributed by atoms with Crippen molar-refractivity contribution in [1.82, 2.24) is 4.57 Å². The Morgan fingerprint density at radius 1 is 1.75 bits per heavy atom. The first-order valence-corrected chi connectivity index (χ1v) is 4.13. The van der Waals surface area contributed by atoms with Crippen LogP contribution >= 0.6 is 0 Å². The van der Waals surface area contributed by atoms with E-state index in [2.05, 4.69) is 17.6 Å². The molecule has 1 aromatic rings. The molecule has 2 N–H and O–H groups in total. The van der Waals surface area contributed by atoms with E-state index >= 15 is 0 Å². The quantitative estimate of drug-likeness (QED) is 0.626. The van der Waals surface area contributed by atoms with Gasteiger partial charge < -0.3 is 15.0 Å². The average molecular weight is 168 g/mol. The van der Waals surface area contributed by atoms with Gasteiger partial charge in [-0.2, -0.15) is 0 Å². The fourth-order valence-electron chi connectivity index (χ4n) is 0.751. The van der Waals surface area contributed by atoms with Crippen molar-refractivity contribution in [3.63, 3.8) is 0 Å². The first-order valence-electron chi connectivity index (χ1n) is 4.13. The normalized spacial score (nSPS) is 19.8. The van der Waals surface area contributed by atoms with Crippen LogP contribution < -0.4 is 5.73 Å². The number of epoxide rings is 1. The zero-order valence-corrected chi connectivity index (χ0v) is 7.66. The van der Waals surface area contributed by atoms with Gasteiger partial charge >= 0.3 is 0 Å². The van der Waals surface area contributed by atoms with Crippen molar-refractivity contribution in [2.24, 2.45) is 12.8 Å². The summed E-state index contributed by atoms with van der Waals surface area (Å²) >= 11 is 0. The Morgan fingerprint density at radius 2 is 2.42 bits per heavy atom. The first-order chi connectivity index (χ1) is 5.74. The van der Waals surface area contributed by atoms with Gasteiger partial charge in [-0.25, -0.2) is 0 Å². The molecule has 0 amide bonds. The molecule has 0 bridgehead atoms. The monoisotopic (exact) mass is 168 g/mol. The van der Waals surface area contributed by atoms with Crippen molar-refractivity contribution in [2.75, 3.05) is 13.2 Å². The van der Waals surface area contributed by atoms with Gasteiger partial charge in [0.05, 0.1) is 12.7 Å². The van der Waals surface area contributed by atoms with Crippen molar-refractivity contribution in [3.05, 3.63) is 24.0 Å². The lowest BCUT2D eigenvalue weighted by molar-refractivity contribution is 0.412. The second-order valence-corrected chi connectivity index (χ2v) is 2.95. The summed E-state index contributed by atoms with van der Waals surface area (Å²) in [4.78, 5) is 0. The summed E-state index contributed by atoms with van der Waals surface area (Å²) in [5.74, 6) is 0. The van der Waals surface area contributed by atoms with Crippen molar-refractivity contribution >= 4 is 0 Å². The van der Waals surface area contributed by atoms with Crippen LogP contribution in [0.2, 0.25) is 0 Å². The first kappa shape index (κ1) is 9.29. The van der Waals surface area contributed by atoms with E-state index in [1.165, 1.54) is 5.69 Å². The van der Waals surface area contributed by atoms with Gasteiger partial charge in [0.15, 0.2) is 0 Å². The highest BCUT2D eigenvalue weighted by Crippen LogP contribution is 2.03. The summed E-state index contributed by atoms with van der Waals surface area (Å²) in [6.45, 7) is 3.66. The molecule has 1 atom stereocenters. The number of aromatic nitrogens is 1. The molecule has 3 nitrogen and oxygen atoms in total. The zero-order chi connectivity index (χ0) is 8.97. The van der Waals surface area contributed by atoms with Crippen molar-refractivity contribution in [2.45, 2.75) is 13.0 Å². The molecule has 1 aliphatic rings. The SMILES string of the molecule is Cc1cccn1C.NCC1CO1. The number of nitrogens with two attached hydrogens (primary N) is 1. The van der Waals surface area contributed by atoms with Crippen LogP contribution in [0.1, 0.15) is 5.69 Å². The molecule has 12 heavy (non-hydrogen) atoms. The molecule has 1 saturated heterocycles. The van der Waals surface area contributed by atoms with Crippen LogP contribution in [0.4, 0.5) is 0 Å². The maximum absolute atomic E-state index is 5.11. The van der Waals surface area contributed by atoms with Gasteiger partial charge in [-0.3, -0.25) is 0 Å². The summed E-state index contributed by atoms with van der Waals surface area (Å²) in [5.41, 5.74) is 6.41. The molecule has 0 aromatic carbocycles. The number of nitrogens with zero attached hydrogens (tertiary/aromatic N) is 1. The van der Waals surface area contributed by atoms with Crippen LogP contribution in [0.15, 0.2) is 18.3 Å². The molecule has 2 heterocycles. The van der Waals surface area contributed by atoms with E-state index in [0.29, 0.717) is 12.6 Å². The molecule has 0 spiro atoms. The number of aryl methyl sites for hydroxylation is 2. The smallest absolute Gasteiger partial charge is 0.0931 e. The Kier molecular flexibility index (Phi) is 3.31. The van der Waals surface area contributed by atoms with E-state index in [0.717, 1.165) is 6.61 Å². The van der Waals surface area contributed by atoms with Gasteiger partial charge in [-0.15, -0.1) is 0 Å². The third kappa shape index (κ3) is 3.07. The number of ether oxygens (including phenoxy) is 1. The topological polar surface area (TPSA) is 43.5 Å². The summed E-state index contributed by atoms with van der Waals surface area (Å²) in [6.07, 6.45) is 2.45. The molecular weight excluding hydrogens is 152 g/mol. The highest BCUT2D eigenvalue weighted by atomic mass is 16.6. The van der Waals surface area contributed by atoms with Gasteiger partial charge in [0.2, 0.25) is 0 Å². The van der Waals surface area contributed by atoms with E-state index in [-0.39, 0.29) is 0 Å². The molecule has 2 rings (SSSR count). The van der Waals surface area contributed by atoms with E-state index in [1.807, 2.05) is 19.3 Å². The van der Waals surface area contributed by atoms with Crippen LogP contribution in [0.3, 0.4) is 0 Å². The lowest BCUT2D eigenvalue weighted by atomic mass is 10.5. The lowest BCUT2D eigenvalue weighted by Gasteiger charge is -1.89. The van der Waals surface area contributed by atoms with Crippen molar-refractivity contribution < 1.29 is 4.74 Å². The molecule has 3 heteroatoms. The van der Waals surface area contributed by atoms with Gasteiger partial charge in [-0.1, -0.05) is 0 Å². The Labute approximate surface area is 73.1 Å². The van der Waals surface area contributed by atoms with Crippen molar-refractivity contribution in [3.8, 4) is 0 Å². The van der Waals surface area contributed by atoms with Crippen LogP contribution in [0, 0.1) is 6.92 Å². The third-order valence-electron chi connectivity index (χ3n) is 1.87. The molecule has 1 unspecified atom stereocenters. The average Bonchev–Trinajstić information content (AvgIpc) is 2.82. The third-order valence-corrected chi connectivity index (χ3v) is 1.87. The van der Waals surface area contributed by atoms with E-state index in [9.17, 15) is 0 Å².